The maximum atomic E-state index is 11.8. The Morgan fingerprint density at radius 1 is 1.35 bits per heavy atom. The third-order valence-electron chi connectivity index (χ3n) is 3.22. The van der Waals surface area contributed by atoms with Crippen LogP contribution in [0.4, 0.5) is 8.78 Å². The minimum atomic E-state index is -2.47. The second-order valence-corrected chi connectivity index (χ2v) is 4.80. The van der Waals surface area contributed by atoms with E-state index in [2.05, 4.69) is 6.07 Å². The fourth-order valence-electron chi connectivity index (χ4n) is 2.16. The van der Waals surface area contributed by atoms with Gasteiger partial charge in [0.15, 0.2) is 0 Å². The molecule has 2 rings (SSSR count). The zero-order chi connectivity index (χ0) is 14.4. The Morgan fingerprint density at radius 2 is 2.20 bits per heavy atom. The highest BCUT2D eigenvalue weighted by Crippen LogP contribution is 2.26. The van der Waals surface area contributed by atoms with Crippen molar-refractivity contribution in [2.75, 3.05) is 19.8 Å². The van der Waals surface area contributed by atoms with E-state index in [1.807, 2.05) is 12.1 Å². The Morgan fingerprint density at radius 3 is 3.00 bits per heavy atom. The minimum absolute atomic E-state index is 0.0380. The summed E-state index contributed by atoms with van der Waals surface area (Å²) in [5, 5.41) is 0. The Kier molecular flexibility index (Phi) is 5.47. The summed E-state index contributed by atoms with van der Waals surface area (Å²) in [5.41, 5.74) is 2.30. The van der Waals surface area contributed by atoms with Crippen molar-refractivity contribution in [3.8, 4) is 5.75 Å². The van der Waals surface area contributed by atoms with Crippen LogP contribution in [0.5, 0.6) is 5.75 Å². The molecule has 0 bridgehead atoms. The van der Waals surface area contributed by atoms with Crippen LogP contribution in [0.25, 0.3) is 0 Å². The van der Waals surface area contributed by atoms with Gasteiger partial charge in [-0.15, -0.1) is 0 Å². The Labute approximate surface area is 116 Å². The van der Waals surface area contributed by atoms with Gasteiger partial charge in [-0.05, 0) is 23.6 Å². The third-order valence-corrected chi connectivity index (χ3v) is 3.22. The molecule has 0 atom stereocenters. The number of fused-ring (bicyclic) bond motifs is 1. The Hall–Kier alpha value is -1.49. The summed E-state index contributed by atoms with van der Waals surface area (Å²) in [5.74, 6) is 0.969. The fourth-order valence-corrected chi connectivity index (χ4v) is 2.16. The molecule has 110 valence electrons. The second-order valence-electron chi connectivity index (χ2n) is 4.80. The SMILES string of the molecule is O=C(CCOCC(F)F)CCc1ccc2c(c1)CCO2. The van der Waals surface area contributed by atoms with Crippen molar-refractivity contribution < 1.29 is 23.0 Å². The van der Waals surface area contributed by atoms with E-state index >= 15 is 0 Å². The molecule has 20 heavy (non-hydrogen) atoms. The zero-order valence-corrected chi connectivity index (χ0v) is 11.2. The van der Waals surface area contributed by atoms with Gasteiger partial charge in [-0.3, -0.25) is 4.79 Å². The first kappa shape index (κ1) is 14.9. The molecule has 0 saturated carbocycles. The molecule has 5 heteroatoms. The van der Waals surface area contributed by atoms with E-state index in [1.165, 1.54) is 5.56 Å². The van der Waals surface area contributed by atoms with Gasteiger partial charge in [0.2, 0.25) is 0 Å². The van der Waals surface area contributed by atoms with Crippen LogP contribution in [-0.2, 0) is 22.4 Å². The number of Topliss-reactive ketones (excluding diaryl/α,β-unsaturated/α-hetero) is 1. The molecular weight excluding hydrogens is 266 g/mol. The Balaban J connectivity index is 1.68. The molecule has 1 aromatic carbocycles. The number of hydrogen-bond donors (Lipinski definition) is 0. The summed E-state index contributed by atoms with van der Waals surface area (Å²) >= 11 is 0. The van der Waals surface area contributed by atoms with E-state index in [-0.39, 0.29) is 18.8 Å². The number of carbonyl (C=O) groups excluding carboxylic acids is 1. The first-order valence-electron chi connectivity index (χ1n) is 6.77. The van der Waals surface area contributed by atoms with Gasteiger partial charge in [0.05, 0.1) is 13.2 Å². The maximum absolute atomic E-state index is 11.8. The van der Waals surface area contributed by atoms with E-state index in [1.54, 1.807) is 0 Å². The number of ether oxygens (including phenoxy) is 2. The molecule has 0 N–H and O–H groups in total. The summed E-state index contributed by atoms with van der Waals surface area (Å²) in [7, 11) is 0. The quantitative estimate of drug-likeness (QED) is 0.689. The minimum Gasteiger partial charge on any atom is -0.493 e. The van der Waals surface area contributed by atoms with Gasteiger partial charge in [0.25, 0.3) is 6.43 Å². The molecule has 0 aliphatic carbocycles. The lowest BCUT2D eigenvalue weighted by Gasteiger charge is -2.05. The van der Waals surface area contributed by atoms with Gasteiger partial charge in [0.1, 0.15) is 18.1 Å². The van der Waals surface area contributed by atoms with E-state index in [4.69, 9.17) is 9.47 Å². The van der Waals surface area contributed by atoms with Crippen LogP contribution in [-0.4, -0.2) is 32.0 Å². The molecule has 0 spiro atoms. The molecule has 0 amide bonds. The number of carbonyl (C=O) groups is 1. The van der Waals surface area contributed by atoms with Crippen LogP contribution >= 0.6 is 0 Å². The standard InChI is InChI=1S/C15H18F2O3/c16-15(17)10-19-7-6-13(18)3-1-11-2-4-14-12(9-11)5-8-20-14/h2,4,9,15H,1,3,5-8,10H2. The lowest BCUT2D eigenvalue weighted by Crippen LogP contribution is -2.09. The lowest BCUT2D eigenvalue weighted by molar-refractivity contribution is -0.120. The van der Waals surface area contributed by atoms with Crippen LogP contribution in [0, 0.1) is 0 Å². The van der Waals surface area contributed by atoms with Gasteiger partial charge < -0.3 is 9.47 Å². The molecule has 0 fully saturated rings. The highest BCUT2D eigenvalue weighted by atomic mass is 19.3. The average molecular weight is 284 g/mol. The molecule has 1 heterocycles. The van der Waals surface area contributed by atoms with E-state index in [0.29, 0.717) is 12.8 Å². The third kappa shape index (κ3) is 4.56. The topological polar surface area (TPSA) is 35.5 Å². The van der Waals surface area contributed by atoms with Crippen LogP contribution in [0.15, 0.2) is 18.2 Å². The summed E-state index contributed by atoms with van der Waals surface area (Å²) in [6.07, 6.45) is -0.281. The van der Waals surface area contributed by atoms with Gasteiger partial charge in [-0.25, -0.2) is 8.78 Å². The summed E-state index contributed by atoms with van der Waals surface area (Å²) in [6.45, 7) is 0.193. The number of alkyl halides is 2. The molecule has 0 radical (unpaired) electrons. The average Bonchev–Trinajstić information content (AvgIpc) is 2.88. The molecule has 3 nitrogen and oxygen atoms in total. The van der Waals surface area contributed by atoms with Crippen molar-refractivity contribution in [2.45, 2.75) is 32.1 Å². The normalized spacial score (nSPS) is 13.3. The van der Waals surface area contributed by atoms with Crippen LogP contribution in [0.2, 0.25) is 0 Å². The van der Waals surface area contributed by atoms with Crippen molar-refractivity contribution >= 4 is 5.78 Å². The van der Waals surface area contributed by atoms with Gasteiger partial charge >= 0.3 is 0 Å². The van der Waals surface area contributed by atoms with Gasteiger partial charge in [-0.2, -0.15) is 0 Å². The van der Waals surface area contributed by atoms with Crippen LogP contribution < -0.4 is 4.74 Å². The van der Waals surface area contributed by atoms with Crippen LogP contribution in [0.1, 0.15) is 24.0 Å². The van der Waals surface area contributed by atoms with Crippen molar-refractivity contribution in [3.63, 3.8) is 0 Å². The predicted molar refractivity (Wildman–Crippen MR) is 70.4 cm³/mol. The summed E-state index contributed by atoms with van der Waals surface area (Å²) in [4.78, 5) is 11.6. The van der Waals surface area contributed by atoms with E-state index in [0.717, 1.165) is 24.3 Å². The van der Waals surface area contributed by atoms with E-state index in [9.17, 15) is 13.6 Å². The van der Waals surface area contributed by atoms with Crippen molar-refractivity contribution in [1.29, 1.82) is 0 Å². The molecular formula is C15H18F2O3. The second kappa shape index (κ2) is 7.33. The number of rotatable bonds is 8. The first-order chi connectivity index (χ1) is 9.65. The van der Waals surface area contributed by atoms with Crippen LogP contribution in [0.3, 0.4) is 0 Å². The van der Waals surface area contributed by atoms with Gasteiger partial charge in [0, 0.05) is 19.3 Å². The monoisotopic (exact) mass is 284 g/mol. The molecule has 1 aliphatic heterocycles. The number of benzene rings is 1. The number of hydrogen-bond acceptors (Lipinski definition) is 3. The van der Waals surface area contributed by atoms with Crippen molar-refractivity contribution in [2.24, 2.45) is 0 Å². The predicted octanol–water partition coefficient (Wildman–Crippen LogP) is 2.80. The first-order valence-corrected chi connectivity index (χ1v) is 6.77. The summed E-state index contributed by atoms with van der Waals surface area (Å²) in [6, 6.07) is 5.97. The number of aryl methyl sites for hydroxylation is 1. The largest absolute Gasteiger partial charge is 0.493 e. The fraction of sp³-hybridized carbons (Fsp3) is 0.533. The van der Waals surface area contributed by atoms with Crippen molar-refractivity contribution in [1.82, 2.24) is 0 Å². The van der Waals surface area contributed by atoms with Gasteiger partial charge in [-0.1, -0.05) is 12.1 Å². The zero-order valence-electron chi connectivity index (χ0n) is 11.2. The lowest BCUT2D eigenvalue weighted by atomic mass is 10.0. The molecule has 1 aromatic rings. The van der Waals surface area contributed by atoms with Crippen molar-refractivity contribution in [3.05, 3.63) is 29.3 Å². The maximum Gasteiger partial charge on any atom is 0.261 e. The smallest absolute Gasteiger partial charge is 0.261 e. The van der Waals surface area contributed by atoms with E-state index < -0.39 is 13.0 Å². The molecule has 1 aliphatic rings. The number of ketones is 1. The highest BCUT2D eigenvalue weighted by molar-refractivity contribution is 5.78. The highest BCUT2D eigenvalue weighted by Gasteiger charge is 2.12. The summed E-state index contributed by atoms with van der Waals surface area (Å²) < 4.78 is 33.7. The molecule has 0 saturated heterocycles. The number of halogens is 2. The molecule has 0 aromatic heterocycles. The Bertz CT molecular complexity index is 460. The molecule has 0 unspecified atom stereocenters.